The van der Waals surface area contributed by atoms with Crippen LogP contribution in [0.5, 0.6) is 0 Å². The Hall–Kier alpha value is 0.220. The van der Waals surface area contributed by atoms with Gasteiger partial charge in [0.25, 0.3) is 0 Å². The molecule has 0 aromatic rings. The van der Waals surface area contributed by atoms with Gasteiger partial charge >= 0.3 is 0 Å². The molecular weight excluding hydrogens is 280 g/mol. The molecule has 0 amide bonds. The van der Waals surface area contributed by atoms with Crippen LogP contribution in [-0.2, 0) is 10.0 Å². The highest BCUT2D eigenvalue weighted by Gasteiger charge is 2.26. The fourth-order valence-corrected chi connectivity index (χ4v) is 4.99. The average Bonchev–Trinajstić information content (AvgIpc) is 2.43. The topological polar surface area (TPSA) is 49.4 Å². The number of hydrogen-bond acceptors (Lipinski definition) is 4. The summed E-state index contributed by atoms with van der Waals surface area (Å²) in [5.41, 5.74) is 0. The monoisotopic (exact) mass is 308 g/mol. The van der Waals surface area contributed by atoms with Crippen molar-refractivity contribution in [2.75, 3.05) is 31.4 Å². The third kappa shape index (κ3) is 5.61. The van der Waals surface area contributed by atoms with Gasteiger partial charge in [-0.1, -0.05) is 13.3 Å². The molecule has 0 aliphatic carbocycles. The second kappa shape index (κ2) is 8.49. The Balaban J connectivity index is 2.48. The Bertz CT molecular complexity index is 341. The van der Waals surface area contributed by atoms with Crippen LogP contribution in [0.3, 0.4) is 0 Å². The summed E-state index contributed by atoms with van der Waals surface area (Å²) in [7, 11) is -1.38. The number of nitrogens with one attached hydrogen (secondary N) is 1. The van der Waals surface area contributed by atoms with Crippen molar-refractivity contribution < 1.29 is 8.42 Å². The van der Waals surface area contributed by atoms with Gasteiger partial charge in [-0.3, -0.25) is 0 Å². The molecule has 0 saturated carbocycles. The second-order valence-corrected chi connectivity index (χ2v) is 8.34. The van der Waals surface area contributed by atoms with Crippen molar-refractivity contribution in [1.82, 2.24) is 9.62 Å². The van der Waals surface area contributed by atoms with Gasteiger partial charge in [-0.25, -0.2) is 12.7 Å². The molecule has 0 aromatic heterocycles. The number of hydrogen-bond donors (Lipinski definition) is 1. The molecule has 2 unspecified atom stereocenters. The largest absolute Gasteiger partial charge is 0.314 e. The van der Waals surface area contributed by atoms with Crippen LogP contribution in [0.4, 0.5) is 0 Å². The first-order valence-corrected chi connectivity index (χ1v) is 10.2. The molecule has 19 heavy (non-hydrogen) atoms. The van der Waals surface area contributed by atoms with E-state index >= 15 is 0 Å². The van der Waals surface area contributed by atoms with Gasteiger partial charge in [-0.05, 0) is 38.5 Å². The van der Waals surface area contributed by atoms with Crippen LogP contribution in [-0.4, -0.2) is 56.2 Å². The molecule has 0 spiro atoms. The van der Waals surface area contributed by atoms with E-state index in [4.69, 9.17) is 0 Å². The quantitative estimate of drug-likeness (QED) is 0.744. The van der Waals surface area contributed by atoms with Crippen molar-refractivity contribution in [2.24, 2.45) is 0 Å². The lowest BCUT2D eigenvalue weighted by atomic mass is 10.0. The minimum atomic E-state index is -3.11. The Kier molecular flexibility index (Phi) is 7.72. The molecule has 1 N–H and O–H groups in total. The predicted octanol–water partition coefficient (Wildman–Crippen LogP) is 1.92. The van der Waals surface area contributed by atoms with E-state index < -0.39 is 10.0 Å². The van der Waals surface area contributed by atoms with Crippen molar-refractivity contribution in [3.8, 4) is 0 Å². The summed E-state index contributed by atoms with van der Waals surface area (Å²) >= 11 is 1.71. The van der Waals surface area contributed by atoms with Gasteiger partial charge in [0, 0.05) is 24.9 Å². The maximum atomic E-state index is 12.3. The van der Waals surface area contributed by atoms with Gasteiger partial charge in [0.2, 0.25) is 10.0 Å². The van der Waals surface area contributed by atoms with Crippen molar-refractivity contribution in [2.45, 2.75) is 51.1 Å². The lowest BCUT2D eigenvalue weighted by Crippen LogP contribution is -2.42. The molecule has 1 aliphatic rings. The maximum absolute atomic E-state index is 12.3. The van der Waals surface area contributed by atoms with Crippen LogP contribution < -0.4 is 5.32 Å². The van der Waals surface area contributed by atoms with Crippen molar-refractivity contribution in [3.63, 3.8) is 0 Å². The van der Waals surface area contributed by atoms with Gasteiger partial charge in [0.1, 0.15) is 0 Å². The zero-order valence-electron chi connectivity index (χ0n) is 12.4. The average molecular weight is 309 g/mol. The van der Waals surface area contributed by atoms with E-state index in [9.17, 15) is 8.42 Å². The molecule has 1 rings (SSSR count). The second-order valence-electron chi connectivity index (χ2n) is 5.29. The molecule has 4 nitrogen and oxygen atoms in total. The molecule has 0 bridgehead atoms. The molecule has 2 atom stereocenters. The summed E-state index contributed by atoms with van der Waals surface area (Å²) in [5.74, 6) is 1.14. The van der Waals surface area contributed by atoms with E-state index in [0.717, 1.165) is 31.6 Å². The van der Waals surface area contributed by atoms with E-state index in [2.05, 4.69) is 12.2 Å². The number of rotatable bonds is 8. The highest BCUT2D eigenvalue weighted by molar-refractivity contribution is 7.98. The van der Waals surface area contributed by atoms with E-state index in [-0.39, 0.29) is 11.8 Å². The van der Waals surface area contributed by atoms with Crippen LogP contribution in [0.1, 0.15) is 39.0 Å². The van der Waals surface area contributed by atoms with Crippen LogP contribution >= 0.6 is 11.8 Å². The zero-order valence-corrected chi connectivity index (χ0v) is 14.0. The molecule has 1 heterocycles. The maximum Gasteiger partial charge on any atom is 0.214 e. The highest BCUT2D eigenvalue weighted by Crippen LogP contribution is 2.16. The molecule has 1 aliphatic heterocycles. The number of piperidine rings is 1. The minimum absolute atomic E-state index is 0.124. The zero-order chi connectivity index (χ0) is 14.3. The Morgan fingerprint density at radius 2 is 2.16 bits per heavy atom. The molecule has 0 radical (unpaired) electrons. The lowest BCUT2D eigenvalue weighted by molar-refractivity contribution is 0.371. The summed E-state index contributed by atoms with van der Waals surface area (Å²) in [6.45, 7) is 3.08. The molecule has 114 valence electrons. The van der Waals surface area contributed by atoms with E-state index in [0.29, 0.717) is 6.04 Å². The Morgan fingerprint density at radius 3 is 2.68 bits per heavy atom. The smallest absolute Gasteiger partial charge is 0.214 e. The first-order chi connectivity index (χ1) is 9.01. The molecule has 1 fully saturated rings. The Labute approximate surface area is 122 Å². The third-order valence-corrected chi connectivity index (χ3v) is 6.57. The summed E-state index contributed by atoms with van der Waals surface area (Å²) in [6.07, 6.45) is 7.18. The van der Waals surface area contributed by atoms with Crippen LogP contribution in [0, 0.1) is 0 Å². The minimum Gasteiger partial charge on any atom is -0.314 e. The molecular formula is C13H28N2O2S2. The first kappa shape index (κ1) is 17.3. The Morgan fingerprint density at radius 1 is 1.42 bits per heavy atom. The van der Waals surface area contributed by atoms with E-state index in [1.807, 2.05) is 6.26 Å². The normalized spacial score (nSPS) is 22.6. The number of thioether (sulfide) groups is 1. The van der Waals surface area contributed by atoms with Gasteiger partial charge in [0.15, 0.2) is 0 Å². The fourth-order valence-electron chi connectivity index (χ4n) is 2.51. The van der Waals surface area contributed by atoms with E-state index in [1.165, 1.54) is 12.8 Å². The summed E-state index contributed by atoms with van der Waals surface area (Å²) < 4.78 is 26.3. The van der Waals surface area contributed by atoms with Gasteiger partial charge in [-0.15, -0.1) is 0 Å². The lowest BCUT2D eigenvalue weighted by Gasteiger charge is -2.28. The van der Waals surface area contributed by atoms with Gasteiger partial charge in [0.05, 0.1) is 5.75 Å². The summed E-state index contributed by atoms with van der Waals surface area (Å²) in [4.78, 5) is 0. The molecule has 1 saturated heterocycles. The van der Waals surface area contributed by atoms with Crippen molar-refractivity contribution in [3.05, 3.63) is 0 Å². The first-order valence-electron chi connectivity index (χ1n) is 7.19. The summed E-state index contributed by atoms with van der Waals surface area (Å²) in [6, 6.07) is 0.511. The fraction of sp³-hybridized carbons (Fsp3) is 1.00. The van der Waals surface area contributed by atoms with Crippen LogP contribution in [0.25, 0.3) is 0 Å². The highest BCUT2D eigenvalue weighted by atomic mass is 32.2. The van der Waals surface area contributed by atoms with Crippen LogP contribution in [0.2, 0.25) is 0 Å². The van der Waals surface area contributed by atoms with Crippen molar-refractivity contribution >= 4 is 21.8 Å². The predicted molar refractivity (Wildman–Crippen MR) is 84.3 cm³/mol. The molecule has 0 aromatic carbocycles. The van der Waals surface area contributed by atoms with Crippen LogP contribution in [0.15, 0.2) is 0 Å². The third-order valence-electron chi connectivity index (χ3n) is 3.92. The SMILES string of the molecule is CCC(CSC)N(C)S(=O)(=O)CCC1CCCCN1. The standard InChI is InChI=1S/C13H28N2O2S2/c1-4-13(11-18-3)15(2)19(16,17)10-8-12-7-5-6-9-14-12/h12-14H,4-11H2,1-3H3. The van der Waals surface area contributed by atoms with Crippen molar-refractivity contribution in [1.29, 1.82) is 0 Å². The summed E-state index contributed by atoms with van der Waals surface area (Å²) in [5, 5.41) is 3.41. The van der Waals surface area contributed by atoms with Gasteiger partial charge in [-0.2, -0.15) is 11.8 Å². The van der Waals surface area contributed by atoms with Gasteiger partial charge < -0.3 is 5.32 Å². The number of sulfonamides is 1. The number of nitrogens with zero attached hydrogens (tertiary/aromatic N) is 1. The molecule has 6 heteroatoms. The van der Waals surface area contributed by atoms with E-state index in [1.54, 1.807) is 23.1 Å².